The summed E-state index contributed by atoms with van der Waals surface area (Å²) in [6.45, 7) is 5.82. The molecule has 0 bridgehead atoms. The van der Waals surface area contributed by atoms with Crippen LogP contribution in [0.15, 0.2) is 12.4 Å². The molecule has 1 N–H and O–H groups in total. The zero-order chi connectivity index (χ0) is 12.0. The number of rotatable bonds is 7. The maximum atomic E-state index is 11.3. The van der Waals surface area contributed by atoms with E-state index in [-0.39, 0.29) is 11.5 Å². The highest BCUT2D eigenvalue weighted by atomic mass is 32.2. The standard InChI is InChI=1S/C10H19N3O2S/c1-3-11-7-10-8-12-13(9-10)5-6-16(14,15)4-2/h8-9,11H,3-7H2,1-2H3. The predicted octanol–water partition coefficient (Wildman–Crippen LogP) is 0.427. The van der Waals surface area contributed by atoms with Crippen molar-refractivity contribution in [3.8, 4) is 0 Å². The van der Waals surface area contributed by atoms with Crippen LogP contribution in [0, 0.1) is 0 Å². The van der Waals surface area contributed by atoms with Crippen molar-refractivity contribution in [2.45, 2.75) is 26.9 Å². The van der Waals surface area contributed by atoms with Gasteiger partial charge in [0.25, 0.3) is 0 Å². The molecule has 0 spiro atoms. The van der Waals surface area contributed by atoms with E-state index in [1.807, 2.05) is 13.1 Å². The molecule has 6 heteroatoms. The summed E-state index contributed by atoms with van der Waals surface area (Å²) in [4.78, 5) is 0. The van der Waals surface area contributed by atoms with Gasteiger partial charge in [-0.05, 0) is 6.54 Å². The van der Waals surface area contributed by atoms with Crippen molar-refractivity contribution in [2.75, 3.05) is 18.1 Å². The van der Waals surface area contributed by atoms with E-state index < -0.39 is 9.84 Å². The smallest absolute Gasteiger partial charge is 0.151 e. The molecule has 1 aromatic rings. The van der Waals surface area contributed by atoms with Crippen molar-refractivity contribution in [3.63, 3.8) is 0 Å². The molecular formula is C10H19N3O2S. The summed E-state index contributed by atoms with van der Waals surface area (Å²) in [6.07, 6.45) is 3.65. The Morgan fingerprint density at radius 1 is 1.44 bits per heavy atom. The van der Waals surface area contributed by atoms with Gasteiger partial charge in [0.05, 0.1) is 18.5 Å². The van der Waals surface area contributed by atoms with Gasteiger partial charge in [-0.25, -0.2) is 8.42 Å². The first kappa shape index (κ1) is 13.2. The van der Waals surface area contributed by atoms with E-state index in [9.17, 15) is 8.42 Å². The van der Waals surface area contributed by atoms with Gasteiger partial charge in [0.1, 0.15) is 0 Å². The van der Waals surface area contributed by atoms with Gasteiger partial charge in [0.2, 0.25) is 0 Å². The van der Waals surface area contributed by atoms with Crippen molar-refractivity contribution in [1.82, 2.24) is 15.1 Å². The van der Waals surface area contributed by atoms with E-state index in [0.29, 0.717) is 6.54 Å². The number of nitrogens with zero attached hydrogens (tertiary/aromatic N) is 2. The average Bonchev–Trinajstić information content (AvgIpc) is 2.72. The molecule has 0 fully saturated rings. The molecule has 5 nitrogen and oxygen atoms in total. The molecule has 0 saturated heterocycles. The normalized spacial score (nSPS) is 11.9. The molecule has 0 aliphatic carbocycles. The molecule has 0 aliphatic rings. The molecule has 0 amide bonds. The Kier molecular flexibility index (Phi) is 4.95. The van der Waals surface area contributed by atoms with E-state index in [1.165, 1.54) is 0 Å². The van der Waals surface area contributed by atoms with Crippen molar-refractivity contribution in [1.29, 1.82) is 0 Å². The van der Waals surface area contributed by atoms with Crippen molar-refractivity contribution in [2.24, 2.45) is 0 Å². The fourth-order valence-electron chi connectivity index (χ4n) is 1.27. The number of sulfone groups is 1. The molecule has 0 saturated carbocycles. The van der Waals surface area contributed by atoms with Crippen LogP contribution in [-0.4, -0.2) is 36.2 Å². The lowest BCUT2D eigenvalue weighted by Gasteiger charge is -2.01. The Labute approximate surface area is 96.8 Å². The molecule has 0 radical (unpaired) electrons. The quantitative estimate of drug-likeness (QED) is 0.756. The zero-order valence-electron chi connectivity index (χ0n) is 9.81. The Hall–Kier alpha value is -0.880. The third-order valence-electron chi connectivity index (χ3n) is 2.34. The van der Waals surface area contributed by atoms with Crippen LogP contribution in [0.25, 0.3) is 0 Å². The van der Waals surface area contributed by atoms with E-state index in [0.717, 1.165) is 18.7 Å². The monoisotopic (exact) mass is 245 g/mol. The third-order valence-corrected chi connectivity index (χ3v) is 4.02. The first-order chi connectivity index (χ1) is 7.57. The van der Waals surface area contributed by atoms with Gasteiger partial charge in [-0.3, -0.25) is 4.68 Å². The lowest BCUT2D eigenvalue weighted by molar-refractivity contribution is 0.581. The number of nitrogens with one attached hydrogen (secondary N) is 1. The van der Waals surface area contributed by atoms with Gasteiger partial charge in [-0.2, -0.15) is 5.10 Å². The molecule has 1 heterocycles. The average molecular weight is 245 g/mol. The lowest BCUT2D eigenvalue weighted by atomic mass is 10.3. The Bertz CT molecular complexity index is 411. The minimum atomic E-state index is -2.90. The third kappa shape index (κ3) is 4.32. The van der Waals surface area contributed by atoms with Gasteiger partial charge in [-0.15, -0.1) is 0 Å². The van der Waals surface area contributed by atoms with Crippen LogP contribution in [0.1, 0.15) is 19.4 Å². The van der Waals surface area contributed by atoms with E-state index in [4.69, 9.17) is 0 Å². The topological polar surface area (TPSA) is 64.0 Å². The predicted molar refractivity (Wildman–Crippen MR) is 63.9 cm³/mol. The van der Waals surface area contributed by atoms with E-state index >= 15 is 0 Å². The van der Waals surface area contributed by atoms with Gasteiger partial charge in [-0.1, -0.05) is 13.8 Å². The minimum absolute atomic E-state index is 0.159. The summed E-state index contributed by atoms with van der Waals surface area (Å²) in [7, 11) is -2.90. The number of hydrogen-bond donors (Lipinski definition) is 1. The van der Waals surface area contributed by atoms with Crippen LogP contribution < -0.4 is 5.32 Å². The minimum Gasteiger partial charge on any atom is -0.313 e. The molecule has 0 unspecified atom stereocenters. The fourth-order valence-corrected chi connectivity index (χ4v) is 2.02. The first-order valence-corrected chi connectivity index (χ1v) is 7.32. The second-order valence-electron chi connectivity index (χ2n) is 3.63. The van der Waals surface area contributed by atoms with E-state index in [2.05, 4.69) is 10.4 Å². The second kappa shape index (κ2) is 6.00. The summed E-state index contributed by atoms with van der Waals surface area (Å²) >= 11 is 0. The highest BCUT2D eigenvalue weighted by Crippen LogP contribution is 1.99. The molecule has 0 atom stereocenters. The Morgan fingerprint density at radius 2 is 2.19 bits per heavy atom. The van der Waals surface area contributed by atoms with Crippen LogP contribution in [0.5, 0.6) is 0 Å². The highest BCUT2D eigenvalue weighted by Gasteiger charge is 2.07. The van der Waals surface area contributed by atoms with Crippen LogP contribution >= 0.6 is 0 Å². The Morgan fingerprint density at radius 3 is 2.81 bits per heavy atom. The van der Waals surface area contributed by atoms with Crippen molar-refractivity contribution in [3.05, 3.63) is 18.0 Å². The highest BCUT2D eigenvalue weighted by molar-refractivity contribution is 7.91. The molecule has 16 heavy (non-hydrogen) atoms. The summed E-state index contributed by atoms with van der Waals surface area (Å²) in [5.74, 6) is 0.352. The fraction of sp³-hybridized carbons (Fsp3) is 0.700. The lowest BCUT2D eigenvalue weighted by Crippen LogP contribution is -2.15. The molecule has 92 valence electrons. The molecule has 1 rings (SSSR count). The summed E-state index contributed by atoms with van der Waals surface area (Å²) in [5.41, 5.74) is 1.08. The van der Waals surface area contributed by atoms with Gasteiger partial charge in [0.15, 0.2) is 9.84 Å². The van der Waals surface area contributed by atoms with Gasteiger partial charge in [0, 0.05) is 24.1 Å². The zero-order valence-corrected chi connectivity index (χ0v) is 10.6. The molecule has 0 aliphatic heterocycles. The van der Waals surface area contributed by atoms with Crippen molar-refractivity contribution >= 4 is 9.84 Å². The van der Waals surface area contributed by atoms with Crippen molar-refractivity contribution < 1.29 is 8.42 Å². The second-order valence-corrected chi connectivity index (χ2v) is 6.10. The number of aryl methyl sites for hydroxylation is 1. The first-order valence-electron chi connectivity index (χ1n) is 5.50. The van der Waals surface area contributed by atoms with Crippen LogP contribution in [0.2, 0.25) is 0 Å². The summed E-state index contributed by atoms with van der Waals surface area (Å²) in [5, 5.41) is 7.31. The maximum Gasteiger partial charge on any atom is 0.151 e. The summed E-state index contributed by atoms with van der Waals surface area (Å²) < 4.78 is 24.3. The van der Waals surface area contributed by atoms with Crippen LogP contribution in [0.3, 0.4) is 0 Å². The summed E-state index contributed by atoms with van der Waals surface area (Å²) in [6, 6.07) is 0. The molecular weight excluding hydrogens is 226 g/mol. The van der Waals surface area contributed by atoms with Crippen LogP contribution in [-0.2, 0) is 22.9 Å². The largest absolute Gasteiger partial charge is 0.313 e. The number of hydrogen-bond acceptors (Lipinski definition) is 4. The maximum absolute atomic E-state index is 11.3. The van der Waals surface area contributed by atoms with Gasteiger partial charge < -0.3 is 5.32 Å². The molecule has 1 aromatic heterocycles. The molecule has 0 aromatic carbocycles. The van der Waals surface area contributed by atoms with Gasteiger partial charge >= 0.3 is 0 Å². The SMILES string of the molecule is CCNCc1cnn(CCS(=O)(=O)CC)c1. The Balaban J connectivity index is 2.46. The van der Waals surface area contributed by atoms with Crippen LogP contribution in [0.4, 0.5) is 0 Å². The number of aromatic nitrogens is 2. The van der Waals surface area contributed by atoms with E-state index in [1.54, 1.807) is 17.8 Å².